The molecule has 156 valence electrons. The van der Waals surface area contributed by atoms with Gasteiger partial charge in [0.15, 0.2) is 5.89 Å². The number of aryl methyl sites for hydroxylation is 1. The molecule has 2 aromatic heterocycles. The van der Waals surface area contributed by atoms with Crippen molar-refractivity contribution in [1.82, 2.24) is 19.9 Å². The lowest BCUT2D eigenvalue weighted by atomic mass is 9.80. The van der Waals surface area contributed by atoms with Crippen molar-refractivity contribution in [3.05, 3.63) is 71.5 Å². The third-order valence-corrected chi connectivity index (χ3v) is 5.74. The highest BCUT2D eigenvalue weighted by Gasteiger charge is 2.37. The van der Waals surface area contributed by atoms with Crippen molar-refractivity contribution >= 4 is 5.91 Å². The van der Waals surface area contributed by atoms with Gasteiger partial charge in [-0.25, -0.2) is 9.97 Å². The standard InChI is InChI=1S/C23H26N4O3/c1-16-13-25-20(15-24-16)21(28)27-9-7-23(2,8-10-27)22-26-14-19(30-22)12-17-5-4-6-18(11-17)29-3/h4-6,11,13-15H,7-10,12H2,1-3H3. The highest BCUT2D eigenvalue weighted by atomic mass is 16.5. The first-order chi connectivity index (χ1) is 14.5. The molecule has 30 heavy (non-hydrogen) atoms. The van der Waals surface area contributed by atoms with Crippen molar-refractivity contribution in [3.63, 3.8) is 0 Å². The minimum atomic E-state index is -0.192. The number of hydrogen-bond acceptors (Lipinski definition) is 6. The minimum absolute atomic E-state index is 0.0735. The van der Waals surface area contributed by atoms with Gasteiger partial charge >= 0.3 is 0 Å². The number of aromatic nitrogens is 3. The molecular formula is C23H26N4O3. The highest BCUT2D eigenvalue weighted by molar-refractivity contribution is 5.92. The van der Waals surface area contributed by atoms with Crippen molar-refractivity contribution < 1.29 is 13.9 Å². The van der Waals surface area contributed by atoms with Crippen molar-refractivity contribution in [1.29, 1.82) is 0 Å². The Labute approximate surface area is 176 Å². The number of piperidine rings is 1. The van der Waals surface area contributed by atoms with Crippen LogP contribution in [0.4, 0.5) is 0 Å². The molecule has 1 amide bonds. The SMILES string of the molecule is COc1cccc(Cc2cnc(C3(C)CCN(C(=O)c4cnc(C)cn4)CC3)o2)c1. The average Bonchev–Trinajstić information content (AvgIpc) is 3.24. The van der Waals surface area contributed by atoms with Crippen LogP contribution in [0.3, 0.4) is 0 Å². The number of rotatable bonds is 5. The molecule has 0 bridgehead atoms. The summed E-state index contributed by atoms with van der Waals surface area (Å²) < 4.78 is 11.4. The molecule has 1 aliphatic heterocycles. The van der Waals surface area contributed by atoms with Crippen LogP contribution in [0.2, 0.25) is 0 Å². The summed E-state index contributed by atoms with van der Waals surface area (Å²) in [6.07, 6.45) is 7.22. The second-order valence-electron chi connectivity index (χ2n) is 8.06. The molecule has 3 aromatic rings. The average molecular weight is 406 g/mol. The first kappa shape index (κ1) is 20.1. The smallest absolute Gasteiger partial charge is 0.274 e. The fraction of sp³-hybridized carbons (Fsp3) is 0.391. The van der Waals surface area contributed by atoms with Crippen LogP contribution in [0, 0.1) is 6.92 Å². The van der Waals surface area contributed by atoms with E-state index in [4.69, 9.17) is 9.15 Å². The van der Waals surface area contributed by atoms with Crippen molar-refractivity contribution in [2.24, 2.45) is 0 Å². The number of nitrogens with zero attached hydrogens (tertiary/aromatic N) is 4. The van der Waals surface area contributed by atoms with E-state index in [0.29, 0.717) is 25.2 Å². The number of hydrogen-bond donors (Lipinski definition) is 0. The van der Waals surface area contributed by atoms with E-state index in [-0.39, 0.29) is 11.3 Å². The van der Waals surface area contributed by atoms with Gasteiger partial charge in [0.25, 0.3) is 5.91 Å². The molecular weight excluding hydrogens is 380 g/mol. The predicted molar refractivity (Wildman–Crippen MR) is 112 cm³/mol. The lowest BCUT2D eigenvalue weighted by Crippen LogP contribution is -2.44. The zero-order valence-corrected chi connectivity index (χ0v) is 17.6. The van der Waals surface area contributed by atoms with Gasteiger partial charge in [0.2, 0.25) is 0 Å². The largest absolute Gasteiger partial charge is 0.497 e. The summed E-state index contributed by atoms with van der Waals surface area (Å²) in [7, 11) is 1.66. The van der Waals surface area contributed by atoms with Gasteiger partial charge in [-0.3, -0.25) is 9.78 Å². The number of likely N-dealkylation sites (tertiary alicyclic amines) is 1. The maximum absolute atomic E-state index is 12.7. The van der Waals surface area contributed by atoms with E-state index in [1.807, 2.05) is 36.1 Å². The van der Waals surface area contributed by atoms with Gasteiger partial charge in [0.05, 0.1) is 25.2 Å². The van der Waals surface area contributed by atoms with E-state index in [1.54, 1.807) is 25.7 Å². The Balaban J connectivity index is 1.40. The summed E-state index contributed by atoms with van der Waals surface area (Å²) in [4.78, 5) is 27.5. The predicted octanol–water partition coefficient (Wildman–Crippen LogP) is 3.57. The third-order valence-electron chi connectivity index (χ3n) is 5.74. The number of carbonyl (C=O) groups is 1. The molecule has 0 radical (unpaired) electrons. The quantitative estimate of drug-likeness (QED) is 0.644. The van der Waals surface area contributed by atoms with Gasteiger partial charge < -0.3 is 14.1 Å². The zero-order chi connectivity index (χ0) is 21.1. The summed E-state index contributed by atoms with van der Waals surface area (Å²) >= 11 is 0. The molecule has 1 aliphatic rings. The first-order valence-corrected chi connectivity index (χ1v) is 10.1. The number of oxazole rings is 1. The van der Waals surface area contributed by atoms with Gasteiger partial charge in [-0.15, -0.1) is 0 Å². The van der Waals surface area contributed by atoms with Crippen LogP contribution in [0.25, 0.3) is 0 Å². The summed E-state index contributed by atoms with van der Waals surface area (Å²) in [5, 5.41) is 0. The first-order valence-electron chi connectivity index (χ1n) is 10.1. The fourth-order valence-corrected chi connectivity index (χ4v) is 3.73. The maximum Gasteiger partial charge on any atom is 0.274 e. The Morgan fingerprint density at radius 3 is 2.67 bits per heavy atom. The summed E-state index contributed by atoms with van der Waals surface area (Å²) in [6.45, 7) is 5.28. The number of amides is 1. The molecule has 1 saturated heterocycles. The summed E-state index contributed by atoms with van der Waals surface area (Å²) in [5.41, 5.74) is 2.11. The van der Waals surface area contributed by atoms with Gasteiger partial charge in [0, 0.05) is 31.1 Å². The lowest BCUT2D eigenvalue weighted by Gasteiger charge is -2.37. The second-order valence-corrected chi connectivity index (χ2v) is 8.06. The highest BCUT2D eigenvalue weighted by Crippen LogP contribution is 2.35. The van der Waals surface area contributed by atoms with Gasteiger partial charge in [0.1, 0.15) is 17.2 Å². The molecule has 0 unspecified atom stereocenters. The topological polar surface area (TPSA) is 81.4 Å². The lowest BCUT2D eigenvalue weighted by molar-refractivity contribution is 0.0651. The fourth-order valence-electron chi connectivity index (χ4n) is 3.73. The maximum atomic E-state index is 12.7. The van der Waals surface area contributed by atoms with Gasteiger partial charge in [-0.05, 0) is 37.5 Å². The molecule has 0 saturated carbocycles. The Bertz CT molecular complexity index is 1020. The number of methoxy groups -OCH3 is 1. The second kappa shape index (κ2) is 8.26. The zero-order valence-electron chi connectivity index (χ0n) is 17.6. The number of ether oxygens (including phenoxy) is 1. The van der Waals surface area contributed by atoms with E-state index in [0.717, 1.165) is 41.5 Å². The molecule has 0 atom stereocenters. The minimum Gasteiger partial charge on any atom is -0.497 e. The molecule has 7 heteroatoms. The van der Waals surface area contributed by atoms with Crippen LogP contribution in [-0.2, 0) is 11.8 Å². The van der Waals surface area contributed by atoms with Crippen LogP contribution in [0.5, 0.6) is 5.75 Å². The third kappa shape index (κ3) is 4.20. The van der Waals surface area contributed by atoms with Crippen molar-refractivity contribution in [2.75, 3.05) is 20.2 Å². The molecule has 4 rings (SSSR count). The van der Waals surface area contributed by atoms with E-state index >= 15 is 0 Å². The van der Waals surface area contributed by atoms with Gasteiger partial charge in [-0.2, -0.15) is 0 Å². The van der Waals surface area contributed by atoms with Crippen LogP contribution in [0.1, 0.15) is 53.2 Å². The number of carbonyl (C=O) groups excluding carboxylic acids is 1. The molecule has 0 spiro atoms. The van der Waals surface area contributed by atoms with Crippen LogP contribution < -0.4 is 4.74 Å². The molecule has 0 N–H and O–H groups in total. The summed E-state index contributed by atoms with van der Waals surface area (Å²) in [6, 6.07) is 7.94. The van der Waals surface area contributed by atoms with Crippen LogP contribution >= 0.6 is 0 Å². The van der Waals surface area contributed by atoms with E-state index < -0.39 is 0 Å². The Kier molecular flexibility index (Phi) is 5.53. The molecule has 7 nitrogen and oxygen atoms in total. The van der Waals surface area contributed by atoms with Crippen LogP contribution in [0.15, 0.2) is 47.3 Å². The number of benzene rings is 1. The van der Waals surface area contributed by atoms with Gasteiger partial charge in [-0.1, -0.05) is 19.1 Å². The van der Waals surface area contributed by atoms with E-state index in [9.17, 15) is 4.79 Å². The molecule has 3 heterocycles. The van der Waals surface area contributed by atoms with E-state index in [1.165, 1.54) is 0 Å². The Hall–Kier alpha value is -3.22. The summed E-state index contributed by atoms with van der Waals surface area (Å²) in [5.74, 6) is 2.32. The Morgan fingerprint density at radius 1 is 1.17 bits per heavy atom. The molecule has 1 aromatic carbocycles. The Morgan fingerprint density at radius 2 is 1.97 bits per heavy atom. The molecule has 1 fully saturated rings. The van der Waals surface area contributed by atoms with E-state index in [2.05, 4.69) is 21.9 Å². The molecule has 0 aliphatic carbocycles. The van der Waals surface area contributed by atoms with Crippen molar-refractivity contribution in [2.45, 2.75) is 38.5 Å². The van der Waals surface area contributed by atoms with Crippen molar-refractivity contribution in [3.8, 4) is 5.75 Å². The normalized spacial score (nSPS) is 15.8. The monoisotopic (exact) mass is 406 g/mol. The van der Waals surface area contributed by atoms with Crippen LogP contribution in [-0.4, -0.2) is 46.0 Å².